The van der Waals surface area contributed by atoms with E-state index in [1.165, 1.54) is 4.90 Å². The zero-order valence-electron chi connectivity index (χ0n) is 12.9. The average Bonchev–Trinajstić information content (AvgIpc) is 3.08. The summed E-state index contributed by atoms with van der Waals surface area (Å²) < 4.78 is 0. The number of rotatable bonds is 4. The van der Waals surface area contributed by atoms with Gasteiger partial charge < -0.3 is 25.1 Å². The van der Waals surface area contributed by atoms with Crippen molar-refractivity contribution in [3.8, 4) is 0 Å². The highest BCUT2D eigenvalue weighted by molar-refractivity contribution is 5.99. The predicted octanol–water partition coefficient (Wildman–Crippen LogP) is -0.772. The Morgan fingerprint density at radius 1 is 1.48 bits per heavy atom. The molecule has 2 saturated heterocycles. The van der Waals surface area contributed by atoms with E-state index in [-0.39, 0.29) is 36.0 Å². The molecule has 126 valence electrons. The molecule has 1 amide bonds. The van der Waals surface area contributed by atoms with E-state index < -0.39 is 18.0 Å². The van der Waals surface area contributed by atoms with E-state index in [4.69, 9.17) is 10.5 Å². The zero-order valence-corrected chi connectivity index (χ0v) is 12.9. The van der Waals surface area contributed by atoms with E-state index in [1.54, 1.807) is 11.8 Å². The lowest BCUT2D eigenvalue weighted by Crippen LogP contribution is -2.61. The predicted molar refractivity (Wildman–Crippen MR) is 79.6 cm³/mol. The lowest BCUT2D eigenvalue weighted by molar-refractivity contribution is -0.161. The third kappa shape index (κ3) is 2.33. The van der Waals surface area contributed by atoms with Crippen molar-refractivity contribution in [3.63, 3.8) is 0 Å². The largest absolute Gasteiger partial charge is 0.477 e. The summed E-state index contributed by atoms with van der Waals surface area (Å²) in [4.78, 5) is 26.9. The second-order valence-corrected chi connectivity index (χ2v) is 6.46. The van der Waals surface area contributed by atoms with Crippen LogP contribution in [0.2, 0.25) is 0 Å². The molecule has 0 aromatic carbocycles. The molecular formula is C15H21N3O5. The van der Waals surface area contributed by atoms with Gasteiger partial charge in [0.25, 0.3) is 0 Å². The zero-order chi connectivity index (χ0) is 16.9. The number of β-lactam (4-membered cyclic amide) rings is 1. The van der Waals surface area contributed by atoms with Crippen molar-refractivity contribution in [2.75, 3.05) is 19.7 Å². The molecule has 0 aliphatic carbocycles. The third-order valence-electron chi connectivity index (χ3n) is 5.18. The SMILES string of the molecule is C[C@@H](O)[C@H]1C(=O)N2C(C(=O)O)=C([C@@H]3CCN(C(=N)CO)C3)C[C@H]12. The highest BCUT2D eigenvalue weighted by Gasteiger charge is 2.57. The minimum atomic E-state index is -1.12. The number of aliphatic hydroxyl groups excluding tert-OH is 2. The van der Waals surface area contributed by atoms with Crippen LogP contribution in [0.15, 0.2) is 11.3 Å². The highest BCUT2D eigenvalue weighted by atomic mass is 16.4. The van der Waals surface area contributed by atoms with Gasteiger partial charge in [0.05, 0.1) is 18.1 Å². The van der Waals surface area contributed by atoms with Crippen molar-refractivity contribution in [1.82, 2.24) is 9.80 Å². The topological polar surface area (TPSA) is 125 Å². The summed E-state index contributed by atoms with van der Waals surface area (Å²) in [5, 5.41) is 36.0. The number of carboxylic acid groups (broad SMARTS) is 1. The molecule has 8 heteroatoms. The number of nitrogens with one attached hydrogen (secondary N) is 1. The van der Waals surface area contributed by atoms with Crippen molar-refractivity contribution in [3.05, 3.63) is 11.3 Å². The molecule has 3 heterocycles. The average molecular weight is 323 g/mol. The summed E-state index contributed by atoms with van der Waals surface area (Å²) >= 11 is 0. The molecule has 0 aromatic rings. The Balaban J connectivity index is 1.83. The number of fused-ring (bicyclic) bond motifs is 1. The van der Waals surface area contributed by atoms with Crippen molar-refractivity contribution < 1.29 is 24.9 Å². The monoisotopic (exact) mass is 323 g/mol. The van der Waals surface area contributed by atoms with E-state index in [0.717, 1.165) is 5.57 Å². The Morgan fingerprint density at radius 2 is 2.17 bits per heavy atom. The van der Waals surface area contributed by atoms with Gasteiger partial charge in [0.2, 0.25) is 5.91 Å². The molecular weight excluding hydrogens is 302 g/mol. The molecule has 23 heavy (non-hydrogen) atoms. The van der Waals surface area contributed by atoms with Gasteiger partial charge in [-0.2, -0.15) is 0 Å². The highest BCUT2D eigenvalue weighted by Crippen LogP contribution is 2.47. The van der Waals surface area contributed by atoms with Gasteiger partial charge in [0.15, 0.2) is 0 Å². The smallest absolute Gasteiger partial charge is 0.352 e. The van der Waals surface area contributed by atoms with Gasteiger partial charge in [-0.05, 0) is 25.3 Å². The van der Waals surface area contributed by atoms with Crippen LogP contribution >= 0.6 is 0 Å². The fraction of sp³-hybridized carbons (Fsp3) is 0.667. The van der Waals surface area contributed by atoms with Crippen LogP contribution in [-0.2, 0) is 9.59 Å². The molecule has 4 N–H and O–H groups in total. The summed E-state index contributed by atoms with van der Waals surface area (Å²) in [5.41, 5.74) is 0.784. The maximum absolute atomic E-state index is 12.2. The number of amidine groups is 1. The van der Waals surface area contributed by atoms with Crippen LogP contribution in [0.3, 0.4) is 0 Å². The van der Waals surface area contributed by atoms with Gasteiger partial charge >= 0.3 is 5.97 Å². The van der Waals surface area contributed by atoms with Gasteiger partial charge in [0.1, 0.15) is 18.1 Å². The number of nitrogens with zero attached hydrogens (tertiary/aromatic N) is 2. The van der Waals surface area contributed by atoms with E-state index in [1.807, 2.05) is 0 Å². The summed E-state index contributed by atoms with van der Waals surface area (Å²) in [6, 6.07) is -0.269. The number of hydrogen-bond acceptors (Lipinski definition) is 5. The number of aliphatic hydroxyl groups is 2. The standard InChI is InChI=1S/C15H21N3O5/c1-7(20)12-10-4-9(13(15(22)23)18(10)14(12)21)8-2-3-17(5-8)11(16)6-19/h7-8,10,12,16,19-20H,2-6H2,1H3,(H,22,23)/t7-,8-,10-,12-/m1/s1. The van der Waals surface area contributed by atoms with Crippen molar-refractivity contribution >= 4 is 17.7 Å². The molecule has 4 atom stereocenters. The first-order valence-corrected chi connectivity index (χ1v) is 7.77. The normalized spacial score (nSPS) is 31.3. The maximum Gasteiger partial charge on any atom is 0.352 e. The van der Waals surface area contributed by atoms with Gasteiger partial charge in [-0.25, -0.2) is 4.79 Å². The quantitative estimate of drug-likeness (QED) is 0.306. The molecule has 0 unspecified atom stereocenters. The van der Waals surface area contributed by atoms with Crippen LogP contribution in [0.5, 0.6) is 0 Å². The molecule has 2 fully saturated rings. The fourth-order valence-electron chi connectivity index (χ4n) is 4.06. The van der Waals surface area contributed by atoms with Gasteiger partial charge in [-0.1, -0.05) is 0 Å². The van der Waals surface area contributed by atoms with Gasteiger partial charge in [-0.3, -0.25) is 10.2 Å². The summed E-state index contributed by atoms with van der Waals surface area (Å²) in [7, 11) is 0. The number of carbonyl (C=O) groups excluding carboxylic acids is 1. The Kier molecular flexibility index (Phi) is 3.89. The first-order chi connectivity index (χ1) is 10.9. The molecule has 3 aliphatic rings. The van der Waals surface area contributed by atoms with Crippen LogP contribution in [0, 0.1) is 17.2 Å². The van der Waals surface area contributed by atoms with E-state index in [9.17, 15) is 19.8 Å². The van der Waals surface area contributed by atoms with E-state index in [2.05, 4.69) is 0 Å². The van der Waals surface area contributed by atoms with Crippen molar-refractivity contribution in [2.45, 2.75) is 31.9 Å². The third-order valence-corrected chi connectivity index (χ3v) is 5.18. The Morgan fingerprint density at radius 3 is 2.74 bits per heavy atom. The van der Waals surface area contributed by atoms with Crippen LogP contribution in [0.4, 0.5) is 0 Å². The molecule has 0 radical (unpaired) electrons. The lowest BCUT2D eigenvalue weighted by atomic mass is 9.82. The molecule has 3 aliphatic heterocycles. The Bertz CT molecular complexity index is 600. The Labute approximate surface area is 133 Å². The summed E-state index contributed by atoms with van der Waals surface area (Å²) in [6.07, 6.45) is 0.372. The van der Waals surface area contributed by atoms with E-state index >= 15 is 0 Å². The first kappa shape index (κ1) is 15.9. The minimum Gasteiger partial charge on any atom is -0.477 e. The minimum absolute atomic E-state index is 0.0407. The Hall–Kier alpha value is -1.93. The first-order valence-electron chi connectivity index (χ1n) is 7.77. The second-order valence-electron chi connectivity index (χ2n) is 6.46. The molecule has 0 spiro atoms. The number of amides is 1. The molecule has 0 aromatic heterocycles. The van der Waals surface area contributed by atoms with Crippen LogP contribution in [-0.4, -0.2) is 74.7 Å². The second kappa shape index (κ2) is 5.61. The number of hydrogen-bond donors (Lipinski definition) is 4. The van der Waals surface area contributed by atoms with Gasteiger partial charge in [-0.15, -0.1) is 0 Å². The van der Waals surface area contributed by atoms with Crippen LogP contribution in [0.25, 0.3) is 0 Å². The van der Waals surface area contributed by atoms with E-state index in [0.29, 0.717) is 25.9 Å². The van der Waals surface area contributed by atoms with Crippen molar-refractivity contribution in [2.24, 2.45) is 11.8 Å². The molecule has 0 bridgehead atoms. The van der Waals surface area contributed by atoms with Crippen molar-refractivity contribution in [1.29, 1.82) is 5.41 Å². The fourth-order valence-corrected chi connectivity index (χ4v) is 4.06. The van der Waals surface area contributed by atoms with Gasteiger partial charge in [0, 0.05) is 19.0 Å². The molecule has 3 rings (SSSR count). The molecule has 8 nitrogen and oxygen atoms in total. The number of aliphatic carboxylic acids is 1. The van der Waals surface area contributed by atoms with Crippen LogP contribution in [0.1, 0.15) is 19.8 Å². The van der Waals surface area contributed by atoms with Crippen LogP contribution < -0.4 is 0 Å². The molecule has 0 saturated carbocycles. The number of carbonyl (C=O) groups is 2. The number of carboxylic acids is 1. The maximum atomic E-state index is 12.2. The number of likely N-dealkylation sites (tertiary alicyclic amines) is 1. The summed E-state index contributed by atoms with van der Waals surface area (Å²) in [5.74, 6) is -1.88. The lowest BCUT2D eigenvalue weighted by Gasteiger charge is -2.44. The summed E-state index contributed by atoms with van der Waals surface area (Å²) in [6.45, 7) is 2.30.